The Labute approximate surface area is 103 Å². The van der Waals surface area contributed by atoms with E-state index in [2.05, 4.69) is 6.92 Å². The minimum absolute atomic E-state index is 0.195. The minimum Gasteiger partial charge on any atom is -0.380 e. The molecule has 1 heterocycles. The van der Waals surface area contributed by atoms with E-state index < -0.39 is 0 Å². The van der Waals surface area contributed by atoms with Crippen molar-refractivity contribution in [2.24, 2.45) is 17.6 Å². The van der Waals surface area contributed by atoms with Crippen LogP contribution in [0.1, 0.15) is 32.6 Å². The summed E-state index contributed by atoms with van der Waals surface area (Å²) in [6, 6.07) is 0.282. The van der Waals surface area contributed by atoms with Crippen LogP contribution in [0.15, 0.2) is 0 Å². The van der Waals surface area contributed by atoms with Crippen molar-refractivity contribution in [2.75, 3.05) is 20.2 Å². The molecule has 4 nitrogen and oxygen atoms in total. The number of nitrogens with two attached hydrogens (primary N) is 1. The molecular formula is C13H24N2O2. The highest BCUT2D eigenvalue weighted by molar-refractivity contribution is 5.79. The van der Waals surface area contributed by atoms with Crippen LogP contribution < -0.4 is 5.73 Å². The first-order valence-corrected chi connectivity index (χ1v) is 6.69. The molecule has 17 heavy (non-hydrogen) atoms. The van der Waals surface area contributed by atoms with Crippen LogP contribution in [-0.4, -0.2) is 43.2 Å². The van der Waals surface area contributed by atoms with Gasteiger partial charge in [0.2, 0.25) is 5.91 Å². The average Bonchev–Trinajstić information content (AvgIpc) is 2.80. The van der Waals surface area contributed by atoms with Crippen molar-refractivity contribution in [3.63, 3.8) is 0 Å². The molecule has 1 amide bonds. The lowest BCUT2D eigenvalue weighted by molar-refractivity contribution is -0.136. The molecule has 0 aromatic rings. The number of amides is 1. The summed E-state index contributed by atoms with van der Waals surface area (Å²) < 4.78 is 5.30. The summed E-state index contributed by atoms with van der Waals surface area (Å²) in [5.74, 6) is 0.988. The number of carbonyl (C=O) groups excluding carboxylic acids is 1. The average molecular weight is 240 g/mol. The predicted molar refractivity (Wildman–Crippen MR) is 66.5 cm³/mol. The fourth-order valence-corrected chi connectivity index (χ4v) is 3.02. The van der Waals surface area contributed by atoms with Crippen LogP contribution in [0.25, 0.3) is 0 Å². The third kappa shape index (κ3) is 2.80. The molecule has 0 radical (unpaired) electrons. The summed E-state index contributed by atoms with van der Waals surface area (Å²) in [7, 11) is 1.72. The van der Waals surface area contributed by atoms with Crippen molar-refractivity contribution in [3.8, 4) is 0 Å². The molecule has 4 unspecified atom stereocenters. The standard InChI is InChI=1S/C13H24N2O2/c1-9-7-10(3-4-12(9)14)13(16)15-6-5-11(8-15)17-2/h9-12H,3-8,14H2,1-2H3. The molecule has 4 heteroatoms. The highest BCUT2D eigenvalue weighted by Crippen LogP contribution is 2.30. The van der Waals surface area contributed by atoms with Crippen LogP contribution in [0, 0.1) is 11.8 Å². The first kappa shape index (κ1) is 12.8. The maximum absolute atomic E-state index is 12.3. The molecule has 0 aromatic heterocycles. The van der Waals surface area contributed by atoms with Crippen molar-refractivity contribution in [1.29, 1.82) is 0 Å². The van der Waals surface area contributed by atoms with E-state index in [0.717, 1.165) is 38.8 Å². The van der Waals surface area contributed by atoms with Crippen LogP contribution in [0.4, 0.5) is 0 Å². The largest absolute Gasteiger partial charge is 0.380 e. The van der Waals surface area contributed by atoms with Gasteiger partial charge in [0, 0.05) is 32.2 Å². The van der Waals surface area contributed by atoms with Gasteiger partial charge in [-0.1, -0.05) is 6.92 Å². The Morgan fingerprint density at radius 2 is 2.12 bits per heavy atom. The molecule has 98 valence electrons. The van der Waals surface area contributed by atoms with E-state index in [4.69, 9.17) is 10.5 Å². The van der Waals surface area contributed by atoms with Gasteiger partial charge in [0.15, 0.2) is 0 Å². The molecule has 1 aliphatic carbocycles. The lowest BCUT2D eigenvalue weighted by Gasteiger charge is -2.33. The maximum Gasteiger partial charge on any atom is 0.225 e. The summed E-state index contributed by atoms with van der Waals surface area (Å²) in [6.07, 6.45) is 4.11. The van der Waals surface area contributed by atoms with Gasteiger partial charge in [0.1, 0.15) is 0 Å². The Morgan fingerprint density at radius 1 is 1.35 bits per heavy atom. The highest BCUT2D eigenvalue weighted by Gasteiger charge is 2.34. The maximum atomic E-state index is 12.3. The summed E-state index contributed by atoms with van der Waals surface area (Å²) >= 11 is 0. The van der Waals surface area contributed by atoms with Gasteiger partial charge in [-0.15, -0.1) is 0 Å². The first-order chi connectivity index (χ1) is 8.11. The number of hydrogen-bond donors (Lipinski definition) is 1. The van der Waals surface area contributed by atoms with Crippen molar-refractivity contribution in [3.05, 3.63) is 0 Å². The smallest absolute Gasteiger partial charge is 0.225 e. The lowest BCUT2D eigenvalue weighted by atomic mass is 9.79. The molecule has 2 N–H and O–H groups in total. The van der Waals surface area contributed by atoms with Crippen LogP contribution in [0.5, 0.6) is 0 Å². The van der Waals surface area contributed by atoms with E-state index in [-0.39, 0.29) is 18.1 Å². The van der Waals surface area contributed by atoms with Crippen molar-refractivity contribution in [1.82, 2.24) is 4.90 Å². The van der Waals surface area contributed by atoms with Gasteiger partial charge in [-0.2, -0.15) is 0 Å². The van der Waals surface area contributed by atoms with Crippen LogP contribution in [0.2, 0.25) is 0 Å². The van der Waals surface area contributed by atoms with E-state index in [1.165, 1.54) is 0 Å². The van der Waals surface area contributed by atoms with E-state index in [1.807, 2.05) is 4.90 Å². The molecule has 0 spiro atoms. The van der Waals surface area contributed by atoms with Gasteiger partial charge in [-0.3, -0.25) is 4.79 Å². The molecule has 2 rings (SSSR count). The molecule has 4 atom stereocenters. The lowest BCUT2D eigenvalue weighted by Crippen LogP contribution is -2.42. The number of hydrogen-bond acceptors (Lipinski definition) is 3. The first-order valence-electron chi connectivity index (χ1n) is 6.69. The van der Waals surface area contributed by atoms with Crippen LogP contribution in [0.3, 0.4) is 0 Å². The normalized spacial score (nSPS) is 38.4. The van der Waals surface area contributed by atoms with E-state index in [1.54, 1.807) is 7.11 Å². The van der Waals surface area contributed by atoms with Gasteiger partial charge >= 0.3 is 0 Å². The van der Waals surface area contributed by atoms with E-state index >= 15 is 0 Å². The topological polar surface area (TPSA) is 55.6 Å². The Kier molecular flexibility index (Phi) is 4.05. The van der Waals surface area contributed by atoms with Gasteiger partial charge in [-0.25, -0.2) is 0 Å². The fourth-order valence-electron chi connectivity index (χ4n) is 3.02. The van der Waals surface area contributed by atoms with Crippen molar-refractivity contribution in [2.45, 2.75) is 44.8 Å². The van der Waals surface area contributed by atoms with Gasteiger partial charge in [0.05, 0.1) is 6.10 Å². The Morgan fingerprint density at radius 3 is 2.71 bits per heavy atom. The molecule has 1 saturated carbocycles. The molecule has 2 fully saturated rings. The Bertz CT molecular complexity index is 283. The minimum atomic E-state index is 0.195. The number of nitrogens with zero attached hydrogens (tertiary/aromatic N) is 1. The third-order valence-electron chi connectivity index (χ3n) is 4.37. The van der Waals surface area contributed by atoms with Gasteiger partial charge in [0.25, 0.3) is 0 Å². The third-order valence-corrected chi connectivity index (χ3v) is 4.37. The zero-order valence-corrected chi connectivity index (χ0v) is 10.9. The van der Waals surface area contributed by atoms with E-state index in [9.17, 15) is 4.79 Å². The number of ether oxygens (including phenoxy) is 1. The van der Waals surface area contributed by atoms with Gasteiger partial charge in [-0.05, 0) is 31.6 Å². The number of carbonyl (C=O) groups is 1. The Hall–Kier alpha value is -0.610. The second-order valence-corrected chi connectivity index (χ2v) is 5.58. The molecular weight excluding hydrogens is 216 g/mol. The number of rotatable bonds is 2. The summed E-state index contributed by atoms with van der Waals surface area (Å²) in [4.78, 5) is 14.3. The van der Waals surface area contributed by atoms with Gasteiger partial charge < -0.3 is 15.4 Å². The monoisotopic (exact) mass is 240 g/mol. The Balaban J connectivity index is 1.88. The second-order valence-electron chi connectivity index (χ2n) is 5.58. The highest BCUT2D eigenvalue weighted by atomic mass is 16.5. The quantitative estimate of drug-likeness (QED) is 0.783. The second kappa shape index (κ2) is 5.36. The molecule has 0 aromatic carbocycles. The van der Waals surface area contributed by atoms with Crippen molar-refractivity contribution >= 4 is 5.91 Å². The molecule has 0 bridgehead atoms. The summed E-state index contributed by atoms with van der Waals surface area (Å²) in [5, 5.41) is 0. The number of methoxy groups -OCH3 is 1. The molecule has 2 aliphatic rings. The van der Waals surface area contributed by atoms with E-state index in [0.29, 0.717) is 11.8 Å². The zero-order chi connectivity index (χ0) is 12.4. The van der Waals surface area contributed by atoms with Crippen LogP contribution >= 0.6 is 0 Å². The number of likely N-dealkylation sites (tertiary alicyclic amines) is 1. The SMILES string of the molecule is COC1CCN(C(=O)C2CCC(N)C(C)C2)C1. The molecule has 1 saturated heterocycles. The summed E-state index contributed by atoms with van der Waals surface area (Å²) in [6.45, 7) is 3.78. The van der Waals surface area contributed by atoms with Crippen LogP contribution in [-0.2, 0) is 9.53 Å². The van der Waals surface area contributed by atoms with Crippen molar-refractivity contribution < 1.29 is 9.53 Å². The predicted octanol–water partition coefficient (Wildman–Crippen LogP) is 0.997. The molecule has 1 aliphatic heterocycles. The zero-order valence-electron chi connectivity index (χ0n) is 10.9. The fraction of sp³-hybridized carbons (Fsp3) is 0.923. The summed E-state index contributed by atoms with van der Waals surface area (Å²) in [5.41, 5.74) is 5.99.